The molecular formula is C13H18N2O4S. The SMILES string of the molecule is CCCC(NC(=O)c1csc(C2CCCO2)n1)C(=O)O. The molecule has 6 nitrogen and oxygen atoms in total. The van der Waals surface area contributed by atoms with E-state index < -0.39 is 17.9 Å². The van der Waals surface area contributed by atoms with Crippen molar-refractivity contribution in [3.8, 4) is 0 Å². The van der Waals surface area contributed by atoms with Crippen molar-refractivity contribution in [2.75, 3.05) is 6.61 Å². The molecule has 1 aliphatic heterocycles. The number of hydrogen-bond acceptors (Lipinski definition) is 5. The lowest BCUT2D eigenvalue weighted by molar-refractivity contribution is -0.139. The molecule has 2 N–H and O–H groups in total. The van der Waals surface area contributed by atoms with Gasteiger partial charge in [0.2, 0.25) is 0 Å². The number of nitrogens with zero attached hydrogens (tertiary/aromatic N) is 1. The van der Waals surface area contributed by atoms with E-state index in [2.05, 4.69) is 10.3 Å². The summed E-state index contributed by atoms with van der Waals surface area (Å²) in [5, 5.41) is 14.0. The average molecular weight is 298 g/mol. The monoisotopic (exact) mass is 298 g/mol. The second-order valence-corrected chi connectivity index (χ2v) is 5.62. The van der Waals surface area contributed by atoms with E-state index in [1.165, 1.54) is 11.3 Å². The number of amides is 1. The molecule has 1 aromatic rings. The first kappa shape index (κ1) is 14.9. The third kappa shape index (κ3) is 3.55. The summed E-state index contributed by atoms with van der Waals surface area (Å²) in [6.45, 7) is 2.60. The molecule has 0 spiro atoms. The third-order valence-corrected chi connectivity index (χ3v) is 4.08. The van der Waals surface area contributed by atoms with E-state index in [4.69, 9.17) is 9.84 Å². The summed E-state index contributed by atoms with van der Waals surface area (Å²) in [4.78, 5) is 27.3. The predicted molar refractivity (Wildman–Crippen MR) is 73.8 cm³/mol. The molecule has 2 unspecified atom stereocenters. The number of carboxylic acid groups (broad SMARTS) is 1. The molecule has 2 heterocycles. The summed E-state index contributed by atoms with van der Waals surface area (Å²) in [6.07, 6.45) is 3.00. The van der Waals surface area contributed by atoms with Gasteiger partial charge in [-0.25, -0.2) is 9.78 Å². The molecule has 1 aliphatic rings. The Morgan fingerprint density at radius 3 is 3.05 bits per heavy atom. The number of ether oxygens (including phenoxy) is 1. The van der Waals surface area contributed by atoms with Gasteiger partial charge in [0, 0.05) is 12.0 Å². The van der Waals surface area contributed by atoms with Gasteiger partial charge in [-0.15, -0.1) is 11.3 Å². The first-order valence-corrected chi connectivity index (χ1v) is 7.60. The number of aromatic nitrogens is 1. The Morgan fingerprint density at radius 2 is 2.45 bits per heavy atom. The molecule has 2 rings (SSSR count). The van der Waals surface area contributed by atoms with Gasteiger partial charge >= 0.3 is 5.97 Å². The number of carboxylic acids is 1. The summed E-state index contributed by atoms with van der Waals surface area (Å²) >= 11 is 1.38. The van der Waals surface area contributed by atoms with Gasteiger partial charge in [0.1, 0.15) is 22.8 Å². The summed E-state index contributed by atoms with van der Waals surface area (Å²) in [5.74, 6) is -1.46. The van der Waals surface area contributed by atoms with E-state index in [0.717, 1.165) is 24.5 Å². The lowest BCUT2D eigenvalue weighted by Crippen LogP contribution is -2.40. The van der Waals surface area contributed by atoms with Crippen LogP contribution < -0.4 is 5.32 Å². The molecule has 1 amide bonds. The molecule has 0 radical (unpaired) electrons. The lowest BCUT2D eigenvalue weighted by atomic mass is 10.1. The highest BCUT2D eigenvalue weighted by atomic mass is 32.1. The molecule has 1 aromatic heterocycles. The van der Waals surface area contributed by atoms with E-state index in [1.807, 2.05) is 6.92 Å². The topological polar surface area (TPSA) is 88.5 Å². The number of nitrogens with one attached hydrogen (secondary N) is 1. The second kappa shape index (κ2) is 6.81. The Labute approximate surface area is 121 Å². The van der Waals surface area contributed by atoms with Crippen LogP contribution in [0.5, 0.6) is 0 Å². The van der Waals surface area contributed by atoms with E-state index in [0.29, 0.717) is 12.8 Å². The first-order chi connectivity index (χ1) is 9.61. The maximum absolute atomic E-state index is 12.0. The highest BCUT2D eigenvalue weighted by Crippen LogP contribution is 2.30. The van der Waals surface area contributed by atoms with Gasteiger partial charge in [-0.1, -0.05) is 13.3 Å². The Hall–Kier alpha value is -1.47. The zero-order valence-electron chi connectivity index (χ0n) is 11.3. The van der Waals surface area contributed by atoms with Crippen LogP contribution in [0, 0.1) is 0 Å². The van der Waals surface area contributed by atoms with Gasteiger partial charge in [0.15, 0.2) is 0 Å². The fourth-order valence-corrected chi connectivity index (χ4v) is 2.97. The van der Waals surface area contributed by atoms with Crippen molar-refractivity contribution in [1.29, 1.82) is 0 Å². The fourth-order valence-electron chi connectivity index (χ4n) is 2.09. The summed E-state index contributed by atoms with van der Waals surface area (Å²) in [6, 6.07) is -0.861. The number of thiazole rings is 1. The number of carbonyl (C=O) groups is 2. The van der Waals surface area contributed by atoms with Crippen LogP contribution in [0.15, 0.2) is 5.38 Å². The number of rotatable bonds is 6. The van der Waals surface area contributed by atoms with Crippen molar-refractivity contribution in [3.63, 3.8) is 0 Å². The Bertz CT molecular complexity index is 482. The average Bonchev–Trinajstić information content (AvgIpc) is 3.08. The third-order valence-electron chi connectivity index (χ3n) is 3.14. The molecule has 0 aliphatic carbocycles. The number of hydrogen-bond donors (Lipinski definition) is 2. The molecule has 20 heavy (non-hydrogen) atoms. The van der Waals surface area contributed by atoms with Crippen molar-refractivity contribution < 1.29 is 19.4 Å². The van der Waals surface area contributed by atoms with E-state index in [-0.39, 0.29) is 11.8 Å². The molecular weight excluding hydrogens is 280 g/mol. The van der Waals surface area contributed by atoms with E-state index in [9.17, 15) is 9.59 Å². The summed E-state index contributed by atoms with van der Waals surface area (Å²) in [5.41, 5.74) is 0.267. The molecule has 7 heteroatoms. The number of carbonyl (C=O) groups excluding carboxylic acids is 1. The van der Waals surface area contributed by atoms with Crippen LogP contribution in [0.2, 0.25) is 0 Å². The molecule has 1 saturated heterocycles. The molecule has 1 fully saturated rings. The van der Waals surface area contributed by atoms with Crippen LogP contribution in [0.25, 0.3) is 0 Å². The van der Waals surface area contributed by atoms with Crippen LogP contribution in [0.4, 0.5) is 0 Å². The van der Waals surface area contributed by atoms with Crippen LogP contribution in [0.1, 0.15) is 54.2 Å². The van der Waals surface area contributed by atoms with Crippen molar-refractivity contribution >= 4 is 23.2 Å². The van der Waals surface area contributed by atoms with Crippen molar-refractivity contribution in [2.45, 2.75) is 44.8 Å². The highest BCUT2D eigenvalue weighted by molar-refractivity contribution is 7.09. The van der Waals surface area contributed by atoms with Gasteiger partial charge in [-0.3, -0.25) is 4.79 Å². The van der Waals surface area contributed by atoms with E-state index in [1.54, 1.807) is 5.38 Å². The van der Waals surface area contributed by atoms with Crippen LogP contribution in [-0.2, 0) is 9.53 Å². The van der Waals surface area contributed by atoms with E-state index >= 15 is 0 Å². The second-order valence-electron chi connectivity index (χ2n) is 4.73. The van der Waals surface area contributed by atoms with Gasteiger partial charge in [-0.2, -0.15) is 0 Å². The lowest BCUT2D eigenvalue weighted by Gasteiger charge is -2.12. The summed E-state index contributed by atoms with van der Waals surface area (Å²) in [7, 11) is 0. The van der Waals surface area contributed by atoms with Gasteiger partial charge < -0.3 is 15.2 Å². The van der Waals surface area contributed by atoms with Crippen molar-refractivity contribution in [1.82, 2.24) is 10.3 Å². The largest absolute Gasteiger partial charge is 0.480 e. The minimum atomic E-state index is -1.02. The molecule has 0 aromatic carbocycles. The normalized spacial score (nSPS) is 19.8. The minimum absolute atomic E-state index is 0.0209. The van der Waals surface area contributed by atoms with Gasteiger partial charge in [0.05, 0.1) is 0 Å². The van der Waals surface area contributed by atoms with Crippen LogP contribution in [-0.4, -0.2) is 34.6 Å². The molecule has 2 atom stereocenters. The molecule has 110 valence electrons. The molecule has 0 bridgehead atoms. The van der Waals surface area contributed by atoms with Crippen molar-refractivity contribution in [3.05, 3.63) is 16.1 Å². The predicted octanol–water partition coefficient (Wildman–Crippen LogP) is 1.98. The first-order valence-electron chi connectivity index (χ1n) is 6.72. The Balaban J connectivity index is 1.99. The zero-order chi connectivity index (χ0) is 14.5. The quantitative estimate of drug-likeness (QED) is 0.838. The highest BCUT2D eigenvalue weighted by Gasteiger charge is 2.24. The zero-order valence-corrected chi connectivity index (χ0v) is 12.1. The maximum atomic E-state index is 12.0. The smallest absolute Gasteiger partial charge is 0.326 e. The van der Waals surface area contributed by atoms with Crippen molar-refractivity contribution in [2.24, 2.45) is 0 Å². The Kier molecular flexibility index (Phi) is 5.08. The van der Waals surface area contributed by atoms with Gasteiger partial charge in [-0.05, 0) is 19.3 Å². The fraction of sp³-hybridized carbons (Fsp3) is 0.615. The Morgan fingerprint density at radius 1 is 1.65 bits per heavy atom. The standard InChI is InChI=1S/C13H18N2O4S/c1-2-4-8(13(17)18)14-11(16)9-7-20-12(15-9)10-5-3-6-19-10/h7-8,10H,2-6H2,1H3,(H,14,16)(H,17,18). The van der Waals surface area contributed by atoms with Gasteiger partial charge in [0.25, 0.3) is 5.91 Å². The van der Waals surface area contributed by atoms with Crippen LogP contribution in [0.3, 0.4) is 0 Å². The summed E-state index contributed by atoms with van der Waals surface area (Å²) < 4.78 is 5.51. The molecule has 0 saturated carbocycles. The minimum Gasteiger partial charge on any atom is -0.480 e. The number of aliphatic carboxylic acids is 1. The van der Waals surface area contributed by atoms with Crippen LogP contribution >= 0.6 is 11.3 Å². The maximum Gasteiger partial charge on any atom is 0.326 e.